The Hall–Kier alpha value is -3.54. The van der Waals surface area contributed by atoms with Crippen molar-refractivity contribution in [3.05, 3.63) is 78.4 Å². The normalized spacial score (nSPS) is 11.2. The molecule has 0 atom stereocenters. The molecular formula is C23H23N5O. The van der Waals surface area contributed by atoms with Gasteiger partial charge in [0.25, 0.3) is 5.91 Å². The van der Waals surface area contributed by atoms with Crippen LogP contribution in [0.2, 0.25) is 0 Å². The van der Waals surface area contributed by atoms with E-state index in [4.69, 9.17) is 4.98 Å². The highest BCUT2D eigenvalue weighted by atomic mass is 16.2. The van der Waals surface area contributed by atoms with Crippen LogP contribution in [0.5, 0.6) is 0 Å². The number of benzene rings is 1. The van der Waals surface area contributed by atoms with Crippen LogP contribution in [0.25, 0.3) is 22.2 Å². The molecule has 146 valence electrons. The Morgan fingerprint density at radius 3 is 2.62 bits per heavy atom. The van der Waals surface area contributed by atoms with Gasteiger partial charge >= 0.3 is 0 Å². The minimum absolute atomic E-state index is 0.0436. The topological polar surface area (TPSA) is 63.9 Å². The number of carbonyl (C=O) groups is 1. The summed E-state index contributed by atoms with van der Waals surface area (Å²) in [4.78, 5) is 23.9. The second-order valence-electron chi connectivity index (χ2n) is 7.39. The number of hydrogen-bond acceptors (Lipinski definition) is 4. The van der Waals surface area contributed by atoms with Crippen molar-refractivity contribution < 1.29 is 4.79 Å². The number of hydrogen-bond donors (Lipinski definition) is 0. The molecule has 3 aromatic heterocycles. The molecule has 1 amide bonds. The van der Waals surface area contributed by atoms with E-state index in [2.05, 4.69) is 23.9 Å². The summed E-state index contributed by atoms with van der Waals surface area (Å²) in [6.45, 7) is 4.67. The molecule has 0 saturated carbocycles. The van der Waals surface area contributed by atoms with Gasteiger partial charge in [0.2, 0.25) is 0 Å². The van der Waals surface area contributed by atoms with Gasteiger partial charge in [0.15, 0.2) is 0 Å². The lowest BCUT2D eigenvalue weighted by Gasteiger charge is -2.19. The summed E-state index contributed by atoms with van der Waals surface area (Å²) in [7, 11) is 1.81. The van der Waals surface area contributed by atoms with Crippen LogP contribution in [-0.2, 0) is 6.54 Å². The Balaban J connectivity index is 1.75. The van der Waals surface area contributed by atoms with Gasteiger partial charge < -0.3 is 4.90 Å². The number of pyridine rings is 2. The lowest BCUT2D eigenvalue weighted by Crippen LogP contribution is -2.26. The molecule has 0 aliphatic carbocycles. The minimum atomic E-state index is -0.0436. The number of fused-ring (bicyclic) bond motifs is 1. The summed E-state index contributed by atoms with van der Waals surface area (Å²) in [6.07, 6.45) is 7.24. The van der Waals surface area contributed by atoms with Crippen molar-refractivity contribution in [3.8, 4) is 11.3 Å². The highest BCUT2D eigenvalue weighted by Gasteiger charge is 2.18. The zero-order chi connectivity index (χ0) is 20.4. The van der Waals surface area contributed by atoms with Gasteiger partial charge in [-0.1, -0.05) is 18.2 Å². The first-order valence-corrected chi connectivity index (χ1v) is 9.61. The molecule has 0 N–H and O–H groups in total. The van der Waals surface area contributed by atoms with Gasteiger partial charge in [-0.05, 0) is 43.7 Å². The van der Waals surface area contributed by atoms with E-state index in [0.717, 1.165) is 27.7 Å². The average molecular weight is 385 g/mol. The molecule has 4 aromatic rings. The van der Waals surface area contributed by atoms with Crippen molar-refractivity contribution in [1.29, 1.82) is 0 Å². The first-order chi connectivity index (χ1) is 14.0. The Morgan fingerprint density at radius 1 is 1.14 bits per heavy atom. The predicted octanol–water partition coefficient (Wildman–Crippen LogP) is 4.35. The van der Waals surface area contributed by atoms with Gasteiger partial charge in [0, 0.05) is 49.2 Å². The minimum Gasteiger partial charge on any atom is -0.337 e. The summed E-state index contributed by atoms with van der Waals surface area (Å²) in [5, 5.41) is 5.26. The Morgan fingerprint density at radius 2 is 1.90 bits per heavy atom. The molecule has 6 nitrogen and oxygen atoms in total. The maximum absolute atomic E-state index is 13.3. The van der Waals surface area contributed by atoms with Crippen molar-refractivity contribution in [2.24, 2.45) is 0 Å². The van der Waals surface area contributed by atoms with Crippen molar-refractivity contribution in [2.45, 2.75) is 26.4 Å². The monoisotopic (exact) mass is 385 g/mol. The van der Waals surface area contributed by atoms with Gasteiger partial charge in [-0.15, -0.1) is 0 Å². The number of para-hydroxylation sites is 1. The van der Waals surface area contributed by atoms with E-state index < -0.39 is 0 Å². The summed E-state index contributed by atoms with van der Waals surface area (Å²) in [6, 6.07) is 13.7. The van der Waals surface area contributed by atoms with Crippen LogP contribution < -0.4 is 0 Å². The van der Waals surface area contributed by atoms with E-state index in [1.54, 1.807) is 23.5 Å². The fraction of sp³-hybridized carbons (Fsp3) is 0.217. The smallest absolute Gasteiger partial charge is 0.254 e. The molecule has 1 aromatic carbocycles. The van der Waals surface area contributed by atoms with Crippen LogP contribution in [0, 0.1) is 0 Å². The molecule has 0 radical (unpaired) electrons. The van der Waals surface area contributed by atoms with Crippen molar-refractivity contribution in [3.63, 3.8) is 0 Å². The summed E-state index contributed by atoms with van der Waals surface area (Å²) < 4.78 is 1.89. The first kappa shape index (κ1) is 18.8. The molecule has 0 aliphatic heterocycles. The third kappa shape index (κ3) is 3.87. The van der Waals surface area contributed by atoms with Gasteiger partial charge in [0.1, 0.15) is 0 Å². The quantitative estimate of drug-likeness (QED) is 0.512. The fourth-order valence-corrected chi connectivity index (χ4v) is 3.29. The van der Waals surface area contributed by atoms with E-state index in [9.17, 15) is 4.79 Å². The predicted molar refractivity (Wildman–Crippen MR) is 113 cm³/mol. The molecule has 3 heterocycles. The number of amides is 1. The van der Waals surface area contributed by atoms with Gasteiger partial charge in [-0.3, -0.25) is 14.5 Å². The molecule has 0 saturated heterocycles. The zero-order valence-electron chi connectivity index (χ0n) is 16.8. The van der Waals surface area contributed by atoms with Crippen molar-refractivity contribution in [2.75, 3.05) is 7.05 Å². The van der Waals surface area contributed by atoms with Crippen molar-refractivity contribution >= 4 is 16.8 Å². The summed E-state index contributed by atoms with van der Waals surface area (Å²) >= 11 is 0. The molecule has 0 unspecified atom stereocenters. The maximum atomic E-state index is 13.3. The molecule has 0 fully saturated rings. The third-order valence-corrected chi connectivity index (χ3v) is 4.89. The van der Waals surface area contributed by atoms with Gasteiger partial charge in [0.05, 0.1) is 23.0 Å². The average Bonchev–Trinajstić information content (AvgIpc) is 3.24. The van der Waals surface area contributed by atoms with Gasteiger partial charge in [-0.25, -0.2) is 4.98 Å². The lowest BCUT2D eigenvalue weighted by molar-refractivity contribution is 0.0787. The van der Waals surface area contributed by atoms with Crippen LogP contribution in [0.3, 0.4) is 0 Å². The molecule has 6 heteroatoms. The van der Waals surface area contributed by atoms with E-state index in [-0.39, 0.29) is 11.9 Å². The number of aromatic nitrogens is 4. The largest absolute Gasteiger partial charge is 0.337 e. The van der Waals surface area contributed by atoms with Crippen molar-refractivity contribution in [1.82, 2.24) is 24.6 Å². The molecule has 0 spiro atoms. The van der Waals surface area contributed by atoms with E-state index in [0.29, 0.717) is 12.1 Å². The number of carbonyl (C=O) groups excluding carboxylic acids is 1. The highest BCUT2D eigenvalue weighted by molar-refractivity contribution is 6.07. The Kier molecular flexibility index (Phi) is 5.08. The van der Waals surface area contributed by atoms with Crippen LogP contribution in [0.1, 0.15) is 35.8 Å². The maximum Gasteiger partial charge on any atom is 0.254 e. The lowest BCUT2D eigenvalue weighted by atomic mass is 10.0. The highest BCUT2D eigenvalue weighted by Crippen LogP contribution is 2.26. The number of rotatable bonds is 5. The van der Waals surface area contributed by atoms with Crippen LogP contribution >= 0.6 is 0 Å². The SMILES string of the molecule is CC(C)n1cc(-c2cc(C(=O)N(C)Cc3ccncc3)c3ccccc3n2)cn1. The molecule has 29 heavy (non-hydrogen) atoms. The van der Waals surface area contributed by atoms with E-state index in [1.165, 1.54) is 0 Å². The third-order valence-electron chi connectivity index (χ3n) is 4.89. The Labute approximate surface area is 169 Å². The second kappa shape index (κ2) is 7.83. The van der Waals surface area contributed by atoms with E-state index >= 15 is 0 Å². The van der Waals surface area contributed by atoms with E-state index in [1.807, 2.05) is 60.4 Å². The standard InChI is InChI=1S/C23H23N5O/c1-16(2)28-15-18(13-25-28)22-12-20(19-6-4-5-7-21(19)26-22)23(29)27(3)14-17-8-10-24-11-9-17/h4-13,15-16H,14H2,1-3H3. The van der Waals surface area contributed by atoms with Gasteiger partial charge in [-0.2, -0.15) is 5.10 Å². The molecular weight excluding hydrogens is 362 g/mol. The van der Waals surface area contributed by atoms with Crippen LogP contribution in [0.15, 0.2) is 67.3 Å². The zero-order valence-corrected chi connectivity index (χ0v) is 16.8. The summed E-state index contributed by atoms with van der Waals surface area (Å²) in [5.41, 5.74) is 4.11. The molecule has 0 bridgehead atoms. The first-order valence-electron chi connectivity index (χ1n) is 9.61. The molecule has 4 rings (SSSR count). The number of nitrogens with zero attached hydrogens (tertiary/aromatic N) is 5. The van der Waals surface area contributed by atoms with Crippen LogP contribution in [-0.4, -0.2) is 37.6 Å². The summed E-state index contributed by atoms with van der Waals surface area (Å²) in [5.74, 6) is -0.0436. The second-order valence-corrected chi connectivity index (χ2v) is 7.39. The Bertz CT molecular complexity index is 1150. The fourth-order valence-electron chi connectivity index (χ4n) is 3.29. The molecule has 0 aliphatic rings. The van der Waals surface area contributed by atoms with Crippen LogP contribution in [0.4, 0.5) is 0 Å².